The van der Waals surface area contributed by atoms with Crippen molar-refractivity contribution in [3.63, 3.8) is 0 Å². The number of rotatable bonds is 4. The lowest BCUT2D eigenvalue weighted by molar-refractivity contribution is -0.275. The van der Waals surface area contributed by atoms with Crippen LogP contribution in [0.1, 0.15) is 31.2 Å². The molecule has 0 bridgehead atoms. The van der Waals surface area contributed by atoms with Gasteiger partial charge in [0.2, 0.25) is 5.91 Å². The molecule has 1 aromatic rings. The van der Waals surface area contributed by atoms with E-state index in [0.717, 1.165) is 19.3 Å². The summed E-state index contributed by atoms with van der Waals surface area (Å²) in [5.41, 5.74) is 6.21. The predicted molar refractivity (Wildman–Crippen MR) is 79.5 cm³/mol. The summed E-state index contributed by atoms with van der Waals surface area (Å²) in [4.78, 5) is 13.9. The van der Waals surface area contributed by atoms with Crippen molar-refractivity contribution in [3.8, 4) is 5.75 Å². The molecular weight excluding hydrogens is 309 g/mol. The second-order valence-electron chi connectivity index (χ2n) is 5.97. The zero-order valence-electron chi connectivity index (χ0n) is 13.0. The van der Waals surface area contributed by atoms with Gasteiger partial charge in [0.1, 0.15) is 5.75 Å². The van der Waals surface area contributed by atoms with E-state index in [1.165, 1.54) is 23.1 Å². The molecule has 0 unspecified atom stereocenters. The third kappa shape index (κ3) is 5.13. The fourth-order valence-electron chi connectivity index (χ4n) is 2.96. The molecule has 2 rings (SSSR count). The Bertz CT molecular complexity index is 548. The average molecular weight is 330 g/mol. The van der Waals surface area contributed by atoms with Crippen LogP contribution in [0.25, 0.3) is 0 Å². The van der Waals surface area contributed by atoms with Gasteiger partial charge in [-0.05, 0) is 25.3 Å². The maximum absolute atomic E-state index is 12.5. The molecule has 1 fully saturated rings. The number of amides is 1. The lowest BCUT2D eigenvalue weighted by Crippen LogP contribution is -2.38. The summed E-state index contributed by atoms with van der Waals surface area (Å²) in [7, 11) is 1.59. The highest BCUT2D eigenvalue weighted by Gasteiger charge is 2.32. The fraction of sp³-hybridized carbons (Fsp3) is 0.562. The number of carbonyl (C=O) groups excluding carboxylic acids is 1. The van der Waals surface area contributed by atoms with Crippen LogP contribution in [0.15, 0.2) is 24.3 Å². The van der Waals surface area contributed by atoms with Crippen LogP contribution < -0.4 is 10.5 Å². The van der Waals surface area contributed by atoms with Crippen molar-refractivity contribution in [1.82, 2.24) is 4.90 Å². The monoisotopic (exact) mass is 330 g/mol. The Labute approximate surface area is 133 Å². The predicted octanol–water partition coefficient (Wildman–Crippen LogP) is 3.06. The van der Waals surface area contributed by atoms with E-state index < -0.39 is 6.36 Å². The number of halogens is 3. The number of alkyl halides is 3. The molecule has 7 heteroatoms. The summed E-state index contributed by atoms with van der Waals surface area (Å²) >= 11 is 0. The van der Waals surface area contributed by atoms with Gasteiger partial charge in [0, 0.05) is 31.1 Å². The van der Waals surface area contributed by atoms with Gasteiger partial charge in [-0.15, -0.1) is 13.2 Å². The molecule has 1 saturated carbocycles. The Morgan fingerprint density at radius 2 is 2.04 bits per heavy atom. The Kier molecular flexibility index (Phi) is 5.51. The van der Waals surface area contributed by atoms with Crippen LogP contribution in [0, 0.1) is 5.92 Å². The summed E-state index contributed by atoms with van der Waals surface area (Å²) in [5.74, 6) is -0.513. The minimum Gasteiger partial charge on any atom is -0.405 e. The molecule has 2 atom stereocenters. The van der Waals surface area contributed by atoms with E-state index in [9.17, 15) is 18.0 Å². The molecule has 0 heterocycles. The smallest absolute Gasteiger partial charge is 0.405 e. The second kappa shape index (κ2) is 7.21. The summed E-state index contributed by atoms with van der Waals surface area (Å²) in [6.45, 7) is 0.0663. The van der Waals surface area contributed by atoms with Gasteiger partial charge >= 0.3 is 6.36 Å². The second-order valence-corrected chi connectivity index (χ2v) is 5.97. The molecule has 0 saturated heterocycles. The van der Waals surface area contributed by atoms with Gasteiger partial charge in [0.05, 0.1) is 0 Å². The molecule has 1 aliphatic rings. The zero-order chi connectivity index (χ0) is 17.0. The van der Waals surface area contributed by atoms with Crippen molar-refractivity contribution in [1.29, 1.82) is 0 Å². The first-order valence-corrected chi connectivity index (χ1v) is 7.60. The highest BCUT2D eigenvalue weighted by Crippen LogP contribution is 2.29. The van der Waals surface area contributed by atoms with E-state index in [2.05, 4.69) is 4.74 Å². The van der Waals surface area contributed by atoms with Crippen LogP contribution >= 0.6 is 0 Å². The molecular formula is C16H21F3N2O2. The SMILES string of the molecule is CN(Cc1ccccc1OC(F)(F)F)C(=O)[C@H]1CCC[C@@H](N)C1. The summed E-state index contributed by atoms with van der Waals surface area (Å²) < 4.78 is 41.3. The molecule has 1 aromatic carbocycles. The van der Waals surface area contributed by atoms with Crippen LogP contribution in [0.5, 0.6) is 5.75 Å². The van der Waals surface area contributed by atoms with Crippen molar-refractivity contribution in [2.45, 2.75) is 44.6 Å². The maximum atomic E-state index is 12.5. The fourth-order valence-corrected chi connectivity index (χ4v) is 2.96. The van der Waals surface area contributed by atoms with Gasteiger partial charge in [-0.3, -0.25) is 4.79 Å². The summed E-state index contributed by atoms with van der Waals surface area (Å²) in [5, 5.41) is 0. The molecule has 23 heavy (non-hydrogen) atoms. The van der Waals surface area contributed by atoms with Crippen LogP contribution in [-0.4, -0.2) is 30.3 Å². The van der Waals surface area contributed by atoms with Crippen molar-refractivity contribution in [2.75, 3.05) is 7.05 Å². The first kappa shape index (κ1) is 17.6. The quantitative estimate of drug-likeness (QED) is 0.923. The minimum atomic E-state index is -4.76. The van der Waals surface area contributed by atoms with E-state index >= 15 is 0 Å². The highest BCUT2D eigenvalue weighted by atomic mass is 19.4. The molecule has 1 amide bonds. The van der Waals surface area contributed by atoms with Crippen molar-refractivity contribution in [3.05, 3.63) is 29.8 Å². The molecule has 1 aliphatic carbocycles. The third-order valence-corrected chi connectivity index (χ3v) is 4.05. The Hall–Kier alpha value is -1.76. The number of hydrogen-bond acceptors (Lipinski definition) is 3. The summed E-state index contributed by atoms with van der Waals surface area (Å²) in [6, 6.07) is 5.88. The van der Waals surface area contributed by atoms with Gasteiger partial charge in [-0.2, -0.15) is 0 Å². The molecule has 0 aliphatic heterocycles. The number of carbonyl (C=O) groups is 1. The van der Waals surface area contributed by atoms with Crippen molar-refractivity contribution < 1.29 is 22.7 Å². The van der Waals surface area contributed by atoms with Crippen LogP contribution in [-0.2, 0) is 11.3 Å². The maximum Gasteiger partial charge on any atom is 0.573 e. The number of benzene rings is 1. The molecule has 0 spiro atoms. The Balaban J connectivity index is 2.05. The van der Waals surface area contributed by atoms with Crippen LogP contribution in [0.4, 0.5) is 13.2 Å². The number of para-hydroxylation sites is 1. The van der Waals surface area contributed by atoms with E-state index in [1.54, 1.807) is 13.1 Å². The lowest BCUT2D eigenvalue weighted by atomic mass is 9.85. The Morgan fingerprint density at radius 1 is 1.35 bits per heavy atom. The van der Waals surface area contributed by atoms with E-state index in [0.29, 0.717) is 12.0 Å². The molecule has 0 aromatic heterocycles. The standard InChI is InChI=1S/C16H21F3N2O2/c1-21(15(22)11-6-4-7-13(20)9-11)10-12-5-2-3-8-14(12)23-16(17,18)19/h2-3,5,8,11,13H,4,6-7,9-10,20H2,1H3/t11-,13+/m0/s1. The van der Waals surface area contributed by atoms with Gasteiger partial charge < -0.3 is 15.4 Å². The van der Waals surface area contributed by atoms with Gasteiger partial charge in [-0.1, -0.05) is 24.6 Å². The number of hydrogen-bond donors (Lipinski definition) is 1. The lowest BCUT2D eigenvalue weighted by Gasteiger charge is -2.29. The van der Waals surface area contributed by atoms with E-state index in [4.69, 9.17) is 5.73 Å². The highest BCUT2D eigenvalue weighted by molar-refractivity contribution is 5.78. The minimum absolute atomic E-state index is 0.0203. The van der Waals surface area contributed by atoms with Gasteiger partial charge in [0.15, 0.2) is 0 Å². The average Bonchev–Trinajstić information content (AvgIpc) is 2.47. The van der Waals surface area contributed by atoms with Gasteiger partial charge in [-0.25, -0.2) is 0 Å². The van der Waals surface area contributed by atoms with E-state index in [-0.39, 0.29) is 30.2 Å². The topological polar surface area (TPSA) is 55.6 Å². The largest absolute Gasteiger partial charge is 0.573 e. The molecule has 0 radical (unpaired) electrons. The number of ether oxygens (including phenoxy) is 1. The number of nitrogens with two attached hydrogens (primary N) is 1. The molecule has 4 nitrogen and oxygen atoms in total. The molecule has 2 N–H and O–H groups in total. The Morgan fingerprint density at radius 3 is 2.70 bits per heavy atom. The summed E-state index contributed by atoms with van der Waals surface area (Å²) in [6.07, 6.45) is -1.54. The normalized spacial score (nSPS) is 21.8. The third-order valence-electron chi connectivity index (χ3n) is 4.05. The van der Waals surface area contributed by atoms with Crippen LogP contribution in [0.2, 0.25) is 0 Å². The van der Waals surface area contributed by atoms with Crippen molar-refractivity contribution >= 4 is 5.91 Å². The first-order valence-electron chi connectivity index (χ1n) is 7.60. The van der Waals surface area contributed by atoms with Crippen LogP contribution in [0.3, 0.4) is 0 Å². The molecule has 128 valence electrons. The van der Waals surface area contributed by atoms with Gasteiger partial charge in [0.25, 0.3) is 0 Å². The zero-order valence-corrected chi connectivity index (χ0v) is 13.0. The first-order chi connectivity index (χ1) is 10.8. The van der Waals surface area contributed by atoms with Crippen molar-refractivity contribution in [2.24, 2.45) is 11.7 Å². The number of nitrogens with zero attached hydrogens (tertiary/aromatic N) is 1. The van der Waals surface area contributed by atoms with E-state index in [1.807, 2.05) is 0 Å².